The van der Waals surface area contributed by atoms with Crippen LogP contribution in [0.4, 0.5) is 5.82 Å². The van der Waals surface area contributed by atoms with Crippen molar-refractivity contribution in [3.05, 3.63) is 4.88 Å². The van der Waals surface area contributed by atoms with Gasteiger partial charge in [0.2, 0.25) is 0 Å². The van der Waals surface area contributed by atoms with E-state index in [0.717, 1.165) is 11.5 Å². The lowest BCUT2D eigenvalue weighted by molar-refractivity contribution is 0.0968. The number of carbonyl (C=O) groups is 1. The first-order chi connectivity index (χ1) is 4.75. The Balaban J connectivity index is 2.93. The zero-order chi connectivity index (χ0) is 7.56. The number of hydrogen-bond donors (Lipinski definition) is 2. The topological polar surface area (TPSA) is 80.9 Å². The van der Waals surface area contributed by atoms with Gasteiger partial charge in [-0.2, -0.15) is 0 Å². The van der Waals surface area contributed by atoms with Gasteiger partial charge in [-0.3, -0.25) is 4.79 Å². The van der Waals surface area contributed by atoms with Gasteiger partial charge in [0.05, 0.1) is 0 Å². The first-order valence-corrected chi connectivity index (χ1v) is 3.33. The molecule has 3 N–H and O–H groups in total. The summed E-state index contributed by atoms with van der Waals surface area (Å²) in [6.07, 6.45) is 0. The van der Waals surface area contributed by atoms with Crippen molar-refractivity contribution in [2.45, 2.75) is 0 Å². The number of nitrogens with two attached hydrogens (primary N) is 1. The molecule has 10 heavy (non-hydrogen) atoms. The van der Waals surface area contributed by atoms with Crippen LogP contribution in [0.15, 0.2) is 0 Å². The molecule has 0 aliphatic heterocycles. The lowest BCUT2D eigenvalue weighted by atomic mass is 10.5. The molecule has 1 aromatic heterocycles. The van der Waals surface area contributed by atoms with Crippen LogP contribution in [0.1, 0.15) is 9.67 Å². The summed E-state index contributed by atoms with van der Waals surface area (Å²) in [5.74, 6) is -0.0585. The number of rotatable bonds is 1. The Bertz CT molecular complexity index is 245. The van der Waals surface area contributed by atoms with Crippen molar-refractivity contribution in [2.24, 2.45) is 0 Å². The zero-order valence-electron chi connectivity index (χ0n) is 5.29. The molecule has 0 aliphatic carbocycles. The third kappa shape index (κ3) is 1.06. The third-order valence-electron chi connectivity index (χ3n) is 0.947. The maximum absolute atomic E-state index is 10.8. The minimum Gasteiger partial charge on any atom is -0.381 e. The van der Waals surface area contributed by atoms with Gasteiger partial charge in [-0.25, -0.2) is 0 Å². The van der Waals surface area contributed by atoms with E-state index in [-0.39, 0.29) is 11.7 Å². The van der Waals surface area contributed by atoms with Crippen LogP contribution in [0.5, 0.6) is 0 Å². The summed E-state index contributed by atoms with van der Waals surface area (Å²) in [6, 6.07) is 0. The summed E-state index contributed by atoms with van der Waals surface area (Å²) >= 11 is 0.984. The quantitative estimate of drug-likeness (QED) is 0.576. The van der Waals surface area contributed by atoms with Crippen molar-refractivity contribution in [3.63, 3.8) is 0 Å². The van der Waals surface area contributed by atoms with E-state index in [0.29, 0.717) is 4.88 Å². The van der Waals surface area contributed by atoms with E-state index in [1.807, 2.05) is 0 Å². The summed E-state index contributed by atoms with van der Waals surface area (Å²) in [5.41, 5.74) is 5.29. The second kappa shape index (κ2) is 2.61. The molecule has 5 nitrogen and oxygen atoms in total. The molecular weight excluding hydrogens is 152 g/mol. The highest BCUT2D eigenvalue weighted by atomic mass is 32.1. The molecular formula is C4H6N4OS. The van der Waals surface area contributed by atoms with Crippen molar-refractivity contribution in [3.8, 4) is 0 Å². The first kappa shape index (κ1) is 6.94. The van der Waals surface area contributed by atoms with Crippen LogP contribution in [-0.2, 0) is 0 Å². The lowest BCUT2D eigenvalue weighted by Crippen LogP contribution is -2.17. The predicted octanol–water partition coefficient (Wildman–Crippen LogP) is -0.520. The van der Waals surface area contributed by atoms with Crippen molar-refractivity contribution >= 4 is 23.3 Å². The summed E-state index contributed by atoms with van der Waals surface area (Å²) < 4.78 is 3.50. The first-order valence-electron chi connectivity index (χ1n) is 2.55. The molecule has 0 fully saturated rings. The van der Waals surface area contributed by atoms with Crippen LogP contribution in [0.2, 0.25) is 0 Å². The molecule has 0 aromatic carbocycles. The van der Waals surface area contributed by atoms with Gasteiger partial charge in [-0.1, -0.05) is 4.49 Å². The van der Waals surface area contributed by atoms with E-state index in [9.17, 15) is 4.79 Å². The van der Waals surface area contributed by atoms with E-state index in [1.54, 1.807) is 0 Å². The Kier molecular flexibility index (Phi) is 1.81. The highest BCUT2D eigenvalue weighted by Gasteiger charge is 2.10. The van der Waals surface area contributed by atoms with Crippen molar-refractivity contribution in [2.75, 3.05) is 12.8 Å². The fourth-order valence-corrected chi connectivity index (χ4v) is 0.998. The number of hydrogen-bond acceptors (Lipinski definition) is 5. The smallest absolute Gasteiger partial charge is 0.266 e. The Morgan fingerprint density at radius 2 is 2.50 bits per heavy atom. The van der Waals surface area contributed by atoms with Gasteiger partial charge in [-0.15, -0.1) is 5.10 Å². The Morgan fingerprint density at radius 3 is 2.90 bits per heavy atom. The van der Waals surface area contributed by atoms with Crippen molar-refractivity contribution in [1.29, 1.82) is 0 Å². The number of nitrogens with one attached hydrogen (secondary N) is 1. The number of aromatic nitrogens is 2. The van der Waals surface area contributed by atoms with E-state index < -0.39 is 0 Å². The number of anilines is 1. The Hall–Kier alpha value is -1.17. The van der Waals surface area contributed by atoms with Gasteiger partial charge in [0.15, 0.2) is 10.7 Å². The second-order valence-electron chi connectivity index (χ2n) is 1.57. The molecule has 0 spiro atoms. The van der Waals surface area contributed by atoms with E-state index >= 15 is 0 Å². The zero-order valence-corrected chi connectivity index (χ0v) is 6.10. The molecule has 0 radical (unpaired) electrons. The maximum atomic E-state index is 10.8. The largest absolute Gasteiger partial charge is 0.381 e. The Labute approximate surface area is 61.4 Å². The maximum Gasteiger partial charge on any atom is 0.266 e. The lowest BCUT2D eigenvalue weighted by Gasteiger charge is -1.91. The molecule has 0 saturated carbocycles. The van der Waals surface area contributed by atoms with Crippen molar-refractivity contribution in [1.82, 2.24) is 14.9 Å². The van der Waals surface area contributed by atoms with E-state index in [2.05, 4.69) is 14.9 Å². The summed E-state index contributed by atoms with van der Waals surface area (Å²) in [7, 11) is 1.53. The fraction of sp³-hybridized carbons (Fsp3) is 0.250. The minimum atomic E-state index is -0.243. The normalized spacial score (nSPS) is 9.30. The predicted molar refractivity (Wildman–Crippen MR) is 37.7 cm³/mol. The van der Waals surface area contributed by atoms with E-state index in [1.165, 1.54) is 7.05 Å². The van der Waals surface area contributed by atoms with Gasteiger partial charge in [0.1, 0.15) is 0 Å². The van der Waals surface area contributed by atoms with Crippen LogP contribution in [0.25, 0.3) is 0 Å². The van der Waals surface area contributed by atoms with Crippen LogP contribution in [0, 0.1) is 0 Å². The number of carbonyl (C=O) groups excluding carboxylic acids is 1. The molecule has 54 valence electrons. The molecule has 6 heteroatoms. The van der Waals surface area contributed by atoms with Gasteiger partial charge in [-0.05, 0) is 11.5 Å². The summed E-state index contributed by atoms with van der Waals surface area (Å²) in [6.45, 7) is 0. The summed E-state index contributed by atoms with van der Waals surface area (Å²) in [4.78, 5) is 11.2. The molecule has 0 unspecified atom stereocenters. The van der Waals surface area contributed by atoms with Gasteiger partial charge < -0.3 is 11.1 Å². The van der Waals surface area contributed by atoms with Crippen LogP contribution < -0.4 is 11.1 Å². The minimum absolute atomic E-state index is 0.185. The average Bonchev–Trinajstić information content (AvgIpc) is 2.34. The van der Waals surface area contributed by atoms with Gasteiger partial charge >= 0.3 is 0 Å². The van der Waals surface area contributed by atoms with Crippen molar-refractivity contribution < 1.29 is 4.79 Å². The molecule has 0 saturated heterocycles. The molecule has 0 bridgehead atoms. The van der Waals surface area contributed by atoms with Gasteiger partial charge in [0.25, 0.3) is 5.91 Å². The molecule has 1 rings (SSSR count). The number of nitrogen functional groups attached to an aromatic ring is 1. The van der Waals surface area contributed by atoms with Gasteiger partial charge in [0, 0.05) is 7.05 Å². The highest BCUT2D eigenvalue weighted by molar-refractivity contribution is 7.08. The molecule has 0 aliphatic rings. The average molecular weight is 158 g/mol. The monoisotopic (exact) mass is 158 g/mol. The van der Waals surface area contributed by atoms with Crippen LogP contribution in [0.3, 0.4) is 0 Å². The summed E-state index contributed by atoms with van der Waals surface area (Å²) in [5, 5.41) is 5.89. The van der Waals surface area contributed by atoms with E-state index in [4.69, 9.17) is 5.73 Å². The number of nitrogens with zero attached hydrogens (tertiary/aromatic N) is 2. The fourth-order valence-electron chi connectivity index (χ4n) is 0.469. The van der Waals surface area contributed by atoms with Crippen LogP contribution in [-0.4, -0.2) is 22.5 Å². The molecule has 0 atom stereocenters. The second-order valence-corrected chi connectivity index (χ2v) is 2.32. The Morgan fingerprint density at radius 1 is 1.80 bits per heavy atom. The SMILES string of the molecule is CNC(=O)c1snnc1N. The third-order valence-corrected chi connectivity index (χ3v) is 1.69. The van der Waals surface area contributed by atoms with Crippen LogP contribution >= 0.6 is 11.5 Å². The standard InChI is InChI=1S/C4H6N4OS/c1-6-4(9)2-3(5)7-8-10-2/h5H2,1H3,(H,6,9). The molecule has 1 amide bonds. The molecule has 1 heterocycles. The highest BCUT2D eigenvalue weighted by Crippen LogP contribution is 2.10. The molecule has 1 aromatic rings. The number of amides is 1.